The second-order valence-electron chi connectivity index (χ2n) is 7.37. The molecule has 0 aliphatic carbocycles. The largest absolute Gasteiger partial charge is 0.494 e. The third kappa shape index (κ3) is 6.72. The summed E-state index contributed by atoms with van der Waals surface area (Å²) in [5.74, 6) is -0.425. The Morgan fingerprint density at radius 3 is 2.49 bits per heavy atom. The molecule has 0 radical (unpaired) electrons. The van der Waals surface area contributed by atoms with E-state index in [-0.39, 0.29) is 5.57 Å². The molecular formula is C27H22BrClN2O4. The molecule has 0 spiro atoms. The number of nitrogens with zero attached hydrogens (tertiary/aromatic N) is 1. The SMILES string of the molecule is CCOc1cc(/C=C(\C#N)C(=O)Nc2ccc(C(=O)OC)cc2)cc(Br)c1Cc1ccccc1Cl. The van der Waals surface area contributed by atoms with Crippen LogP contribution in [-0.4, -0.2) is 25.6 Å². The molecule has 35 heavy (non-hydrogen) atoms. The van der Waals surface area contributed by atoms with Crippen LogP contribution in [0, 0.1) is 11.3 Å². The molecule has 3 aromatic carbocycles. The van der Waals surface area contributed by atoms with Gasteiger partial charge in [0.2, 0.25) is 0 Å². The first-order valence-electron chi connectivity index (χ1n) is 10.7. The summed E-state index contributed by atoms with van der Waals surface area (Å²) < 4.78 is 11.3. The van der Waals surface area contributed by atoms with E-state index >= 15 is 0 Å². The summed E-state index contributed by atoms with van der Waals surface area (Å²) in [6.07, 6.45) is 2.04. The van der Waals surface area contributed by atoms with Crippen molar-refractivity contribution in [2.24, 2.45) is 0 Å². The summed E-state index contributed by atoms with van der Waals surface area (Å²) in [5.41, 5.74) is 3.19. The van der Waals surface area contributed by atoms with Gasteiger partial charge in [-0.1, -0.05) is 45.7 Å². The van der Waals surface area contributed by atoms with Gasteiger partial charge in [0.25, 0.3) is 5.91 Å². The number of ether oxygens (including phenoxy) is 2. The van der Waals surface area contributed by atoms with Crippen molar-refractivity contribution in [3.8, 4) is 11.8 Å². The fourth-order valence-corrected chi connectivity index (χ4v) is 4.13. The van der Waals surface area contributed by atoms with E-state index in [2.05, 4.69) is 26.0 Å². The van der Waals surface area contributed by atoms with Crippen molar-refractivity contribution < 1.29 is 19.1 Å². The molecule has 3 rings (SSSR count). The van der Waals surface area contributed by atoms with Gasteiger partial charge in [-0.3, -0.25) is 4.79 Å². The molecule has 3 aromatic rings. The number of amides is 1. The monoisotopic (exact) mass is 552 g/mol. The van der Waals surface area contributed by atoms with Crippen LogP contribution in [-0.2, 0) is 16.0 Å². The van der Waals surface area contributed by atoms with Crippen molar-refractivity contribution in [2.75, 3.05) is 19.0 Å². The zero-order valence-corrected chi connectivity index (χ0v) is 21.4. The summed E-state index contributed by atoms with van der Waals surface area (Å²) in [6, 6.07) is 19.3. The highest BCUT2D eigenvalue weighted by Gasteiger charge is 2.15. The maximum Gasteiger partial charge on any atom is 0.337 e. The van der Waals surface area contributed by atoms with Crippen molar-refractivity contribution in [2.45, 2.75) is 13.3 Å². The molecule has 0 atom stereocenters. The number of nitriles is 1. The van der Waals surface area contributed by atoms with Gasteiger partial charge in [0.05, 0.1) is 19.3 Å². The van der Waals surface area contributed by atoms with Gasteiger partial charge >= 0.3 is 5.97 Å². The second kappa shape index (κ2) is 12.2. The fraction of sp³-hybridized carbons (Fsp3) is 0.148. The minimum absolute atomic E-state index is 0.0877. The first kappa shape index (κ1) is 26.0. The normalized spacial score (nSPS) is 10.9. The number of methoxy groups -OCH3 is 1. The standard InChI is InChI=1S/C27H22BrClN2O4/c1-3-35-25-14-17(13-23(28)22(25)15-19-6-4-5-7-24(19)29)12-20(16-30)26(32)31-21-10-8-18(9-11-21)27(33)34-2/h4-14H,3,15H2,1-2H3,(H,31,32)/b20-12+. The molecule has 0 aliphatic rings. The third-order valence-corrected chi connectivity index (χ3v) is 6.12. The average molecular weight is 554 g/mol. The molecule has 0 heterocycles. The van der Waals surface area contributed by atoms with E-state index in [0.29, 0.717) is 40.6 Å². The average Bonchev–Trinajstić information content (AvgIpc) is 2.85. The Balaban J connectivity index is 1.87. The quantitative estimate of drug-likeness (QED) is 0.197. The topological polar surface area (TPSA) is 88.4 Å². The number of halogens is 2. The van der Waals surface area contributed by atoms with Crippen molar-refractivity contribution >= 4 is 51.2 Å². The second-order valence-corrected chi connectivity index (χ2v) is 8.64. The predicted molar refractivity (Wildman–Crippen MR) is 140 cm³/mol. The molecule has 0 saturated heterocycles. The summed E-state index contributed by atoms with van der Waals surface area (Å²) >= 11 is 9.94. The van der Waals surface area contributed by atoms with Crippen LogP contribution in [0.25, 0.3) is 6.08 Å². The fourth-order valence-electron chi connectivity index (χ4n) is 3.32. The third-order valence-electron chi connectivity index (χ3n) is 5.04. The van der Waals surface area contributed by atoms with E-state index in [1.807, 2.05) is 43.3 Å². The zero-order valence-electron chi connectivity index (χ0n) is 19.1. The number of hydrogen-bond acceptors (Lipinski definition) is 5. The lowest BCUT2D eigenvalue weighted by molar-refractivity contribution is -0.112. The van der Waals surface area contributed by atoms with Gasteiger partial charge in [-0.25, -0.2) is 4.79 Å². The van der Waals surface area contributed by atoms with Crippen LogP contribution < -0.4 is 10.1 Å². The maximum atomic E-state index is 12.7. The highest BCUT2D eigenvalue weighted by atomic mass is 79.9. The lowest BCUT2D eigenvalue weighted by Gasteiger charge is -2.15. The number of benzene rings is 3. The van der Waals surface area contributed by atoms with Gasteiger partial charge in [0, 0.05) is 27.2 Å². The van der Waals surface area contributed by atoms with E-state index in [9.17, 15) is 14.9 Å². The molecule has 178 valence electrons. The van der Waals surface area contributed by atoms with Crippen LogP contribution in [0.15, 0.2) is 70.7 Å². The summed E-state index contributed by atoms with van der Waals surface area (Å²) in [4.78, 5) is 24.3. The Kier molecular flexibility index (Phi) is 9.07. The van der Waals surface area contributed by atoms with Gasteiger partial charge in [-0.15, -0.1) is 0 Å². The summed E-state index contributed by atoms with van der Waals surface area (Å²) in [6.45, 7) is 2.33. The molecule has 1 N–H and O–H groups in total. The van der Waals surface area contributed by atoms with Crippen LogP contribution >= 0.6 is 27.5 Å². The van der Waals surface area contributed by atoms with Crippen LogP contribution in [0.3, 0.4) is 0 Å². The van der Waals surface area contributed by atoms with Gasteiger partial charge < -0.3 is 14.8 Å². The lowest BCUT2D eigenvalue weighted by Crippen LogP contribution is -2.13. The number of nitrogens with one attached hydrogen (secondary N) is 1. The minimum Gasteiger partial charge on any atom is -0.494 e. The molecule has 0 aliphatic heterocycles. The van der Waals surface area contributed by atoms with Crippen molar-refractivity contribution in [1.29, 1.82) is 5.26 Å². The molecule has 6 nitrogen and oxygen atoms in total. The predicted octanol–water partition coefficient (Wildman–Crippen LogP) is 6.42. The summed E-state index contributed by atoms with van der Waals surface area (Å²) in [7, 11) is 1.29. The van der Waals surface area contributed by atoms with E-state index in [1.165, 1.54) is 25.3 Å². The van der Waals surface area contributed by atoms with Crippen molar-refractivity contribution in [3.63, 3.8) is 0 Å². The number of esters is 1. The minimum atomic E-state index is -0.576. The first-order chi connectivity index (χ1) is 16.9. The van der Waals surface area contributed by atoms with E-state index in [1.54, 1.807) is 18.2 Å². The van der Waals surface area contributed by atoms with Gasteiger partial charge in [-0.05, 0) is 66.6 Å². The Labute approximate surface area is 217 Å². The van der Waals surface area contributed by atoms with Gasteiger partial charge in [0.1, 0.15) is 17.4 Å². The van der Waals surface area contributed by atoms with Crippen LogP contribution in [0.1, 0.15) is 34.0 Å². The maximum absolute atomic E-state index is 12.7. The molecular weight excluding hydrogens is 532 g/mol. The molecule has 0 unspecified atom stereocenters. The number of carbonyl (C=O) groups is 2. The zero-order chi connectivity index (χ0) is 25.4. The Morgan fingerprint density at radius 2 is 1.86 bits per heavy atom. The highest BCUT2D eigenvalue weighted by molar-refractivity contribution is 9.10. The van der Waals surface area contributed by atoms with Gasteiger partial charge in [-0.2, -0.15) is 5.26 Å². The molecule has 0 saturated carbocycles. The Morgan fingerprint density at radius 1 is 1.14 bits per heavy atom. The molecule has 1 amide bonds. The van der Waals surface area contributed by atoms with Crippen LogP contribution in [0.4, 0.5) is 5.69 Å². The van der Waals surface area contributed by atoms with Gasteiger partial charge in [0.15, 0.2) is 0 Å². The summed E-state index contributed by atoms with van der Waals surface area (Å²) in [5, 5.41) is 12.9. The molecule has 0 fully saturated rings. The highest BCUT2D eigenvalue weighted by Crippen LogP contribution is 2.33. The number of rotatable bonds is 8. The smallest absolute Gasteiger partial charge is 0.337 e. The van der Waals surface area contributed by atoms with E-state index in [4.69, 9.17) is 16.3 Å². The molecule has 0 bridgehead atoms. The van der Waals surface area contributed by atoms with E-state index in [0.717, 1.165) is 15.6 Å². The number of hydrogen-bond donors (Lipinski definition) is 1. The van der Waals surface area contributed by atoms with Crippen LogP contribution in [0.5, 0.6) is 5.75 Å². The first-order valence-corrected chi connectivity index (χ1v) is 11.8. The number of carbonyl (C=O) groups excluding carboxylic acids is 2. The van der Waals surface area contributed by atoms with Crippen LogP contribution in [0.2, 0.25) is 5.02 Å². The Hall–Kier alpha value is -3.60. The van der Waals surface area contributed by atoms with E-state index < -0.39 is 11.9 Å². The number of anilines is 1. The Bertz CT molecular complexity index is 1310. The molecule has 0 aromatic heterocycles. The van der Waals surface area contributed by atoms with Crippen molar-refractivity contribution in [3.05, 3.63) is 98.0 Å². The lowest BCUT2D eigenvalue weighted by atomic mass is 10.0. The van der Waals surface area contributed by atoms with Crippen molar-refractivity contribution in [1.82, 2.24) is 0 Å². The molecule has 8 heteroatoms.